The summed E-state index contributed by atoms with van der Waals surface area (Å²) in [5, 5.41) is 5.62. The van der Waals surface area contributed by atoms with Crippen molar-refractivity contribution in [2.24, 2.45) is 0 Å². The second-order valence-corrected chi connectivity index (χ2v) is 6.70. The third-order valence-corrected chi connectivity index (χ3v) is 4.80. The summed E-state index contributed by atoms with van der Waals surface area (Å²) in [6.45, 7) is 12.3. The predicted octanol–water partition coefficient (Wildman–Crippen LogP) is 5.72. The molecule has 3 heterocycles. The Morgan fingerprint density at radius 2 is 1.90 bits per heavy atom. The Kier molecular flexibility index (Phi) is 7.89. The molecule has 0 amide bonds. The van der Waals surface area contributed by atoms with Crippen LogP contribution in [-0.4, -0.2) is 21.8 Å². The van der Waals surface area contributed by atoms with Crippen LogP contribution < -0.4 is 5.32 Å². The van der Waals surface area contributed by atoms with Crippen LogP contribution >= 0.6 is 23.1 Å². The van der Waals surface area contributed by atoms with Gasteiger partial charge in [-0.2, -0.15) is 0 Å². The molecule has 0 bridgehead atoms. The largest absolute Gasteiger partial charge is 0.350 e. The van der Waals surface area contributed by atoms with Gasteiger partial charge in [-0.15, -0.1) is 23.1 Å². The molecule has 0 spiro atoms. The van der Waals surface area contributed by atoms with E-state index in [9.17, 15) is 0 Å². The Hall–Kier alpha value is -0.940. The van der Waals surface area contributed by atoms with E-state index >= 15 is 0 Å². The number of imidazole rings is 1. The number of aryl methyl sites for hydroxylation is 2. The molecular formula is C16H27N3S2. The van der Waals surface area contributed by atoms with E-state index in [4.69, 9.17) is 0 Å². The average Bonchev–Trinajstić information content (AvgIpc) is 3.06. The molecule has 2 N–H and O–H groups in total. The minimum atomic E-state index is 0.413. The van der Waals surface area contributed by atoms with Crippen LogP contribution in [0.2, 0.25) is 0 Å². The van der Waals surface area contributed by atoms with Crippen LogP contribution in [0.15, 0.2) is 11.5 Å². The molecule has 0 fully saturated rings. The fourth-order valence-electron chi connectivity index (χ4n) is 2.09. The monoisotopic (exact) mass is 325 g/mol. The molecule has 2 aromatic rings. The number of aromatic nitrogens is 2. The lowest BCUT2D eigenvalue weighted by Gasteiger charge is -2.16. The lowest BCUT2D eigenvalue weighted by molar-refractivity contribution is 0.827. The molecule has 0 saturated carbocycles. The molecule has 0 radical (unpaired) electrons. The van der Waals surface area contributed by atoms with Crippen molar-refractivity contribution in [2.45, 2.75) is 54.0 Å². The van der Waals surface area contributed by atoms with Gasteiger partial charge in [0, 0.05) is 15.8 Å². The van der Waals surface area contributed by atoms with Gasteiger partial charge in [-0.25, -0.2) is 4.98 Å². The smallest absolute Gasteiger partial charge is 0.201 e. The molecule has 21 heavy (non-hydrogen) atoms. The number of H-pyrrole nitrogens is 1. The number of nitrogens with zero attached hydrogens (tertiary/aromatic N) is 1. The molecule has 1 unspecified atom stereocenters. The fourth-order valence-corrected chi connectivity index (χ4v) is 3.87. The number of aromatic amines is 1. The molecule has 0 aliphatic carbocycles. The van der Waals surface area contributed by atoms with E-state index in [1.807, 2.05) is 39.5 Å². The molecule has 3 nitrogen and oxygen atoms in total. The van der Waals surface area contributed by atoms with Crippen molar-refractivity contribution in [1.29, 1.82) is 0 Å². The topological polar surface area (TPSA) is 40.7 Å². The molecular weight excluding hydrogens is 298 g/mol. The zero-order chi connectivity index (χ0) is 15.8. The summed E-state index contributed by atoms with van der Waals surface area (Å²) >= 11 is 3.68. The first-order valence-corrected chi connectivity index (χ1v) is 9.61. The Balaban J connectivity index is 0.000000510. The summed E-state index contributed by atoms with van der Waals surface area (Å²) in [6, 6.07) is 0.413. The van der Waals surface area contributed by atoms with Gasteiger partial charge in [0.25, 0.3) is 0 Å². The van der Waals surface area contributed by atoms with Gasteiger partial charge in [0.15, 0.2) is 0 Å². The van der Waals surface area contributed by atoms with Gasteiger partial charge in [0.2, 0.25) is 5.95 Å². The van der Waals surface area contributed by atoms with Crippen LogP contribution in [0, 0.1) is 13.8 Å². The quantitative estimate of drug-likeness (QED) is 0.741. The second-order valence-electron chi connectivity index (χ2n) is 4.26. The first-order chi connectivity index (χ1) is 10.2. The molecule has 1 aliphatic heterocycles. The lowest BCUT2D eigenvalue weighted by Crippen LogP contribution is -2.19. The average molecular weight is 326 g/mol. The van der Waals surface area contributed by atoms with E-state index < -0.39 is 0 Å². The van der Waals surface area contributed by atoms with Crippen molar-refractivity contribution in [2.75, 3.05) is 11.1 Å². The van der Waals surface area contributed by atoms with E-state index in [0.29, 0.717) is 6.04 Å². The molecule has 2 aromatic heterocycles. The summed E-state index contributed by atoms with van der Waals surface area (Å²) in [5.41, 5.74) is 2.30. The molecule has 0 saturated heterocycles. The summed E-state index contributed by atoms with van der Waals surface area (Å²) in [4.78, 5) is 10.6. The maximum atomic E-state index is 4.63. The molecule has 5 heteroatoms. The zero-order valence-electron chi connectivity index (χ0n) is 13.9. The van der Waals surface area contributed by atoms with Crippen LogP contribution in [0.3, 0.4) is 0 Å². The van der Waals surface area contributed by atoms with Crippen molar-refractivity contribution in [3.8, 4) is 0 Å². The summed E-state index contributed by atoms with van der Waals surface area (Å²) in [6.07, 6.45) is 3.37. The Bertz CT molecular complexity index is 535. The van der Waals surface area contributed by atoms with E-state index in [1.54, 1.807) is 11.3 Å². The first kappa shape index (κ1) is 18.1. The van der Waals surface area contributed by atoms with Gasteiger partial charge < -0.3 is 10.3 Å². The van der Waals surface area contributed by atoms with Gasteiger partial charge >= 0.3 is 0 Å². The maximum absolute atomic E-state index is 4.63. The predicted molar refractivity (Wildman–Crippen MR) is 99.8 cm³/mol. The summed E-state index contributed by atoms with van der Waals surface area (Å²) < 4.78 is 0. The van der Waals surface area contributed by atoms with Crippen molar-refractivity contribution >= 4 is 40.1 Å². The molecule has 0 aromatic carbocycles. The highest BCUT2D eigenvalue weighted by atomic mass is 32.2. The fraction of sp³-hybridized carbons (Fsp3) is 0.562. The Morgan fingerprint density at radius 3 is 2.48 bits per heavy atom. The van der Waals surface area contributed by atoms with Gasteiger partial charge in [-0.05, 0) is 31.4 Å². The molecule has 118 valence electrons. The van der Waals surface area contributed by atoms with E-state index in [0.717, 1.165) is 17.9 Å². The highest BCUT2D eigenvalue weighted by Crippen LogP contribution is 2.29. The van der Waals surface area contributed by atoms with Gasteiger partial charge in [0.05, 0.1) is 5.52 Å². The van der Waals surface area contributed by atoms with Crippen LogP contribution in [0.4, 0.5) is 5.95 Å². The molecule has 3 rings (SSSR count). The van der Waals surface area contributed by atoms with E-state index in [2.05, 4.69) is 40.6 Å². The van der Waals surface area contributed by atoms with Crippen LogP contribution in [0.1, 0.15) is 43.9 Å². The number of fused-ring (bicyclic) bond motifs is 1. The third kappa shape index (κ3) is 4.51. The van der Waals surface area contributed by atoms with Gasteiger partial charge in [-0.1, -0.05) is 33.8 Å². The van der Waals surface area contributed by atoms with Crippen molar-refractivity contribution < 1.29 is 0 Å². The first-order valence-electron chi connectivity index (χ1n) is 7.74. The van der Waals surface area contributed by atoms with Gasteiger partial charge in [-0.3, -0.25) is 0 Å². The van der Waals surface area contributed by atoms with Crippen molar-refractivity contribution in [3.63, 3.8) is 0 Å². The van der Waals surface area contributed by atoms with E-state index in [-0.39, 0.29) is 0 Å². The minimum Gasteiger partial charge on any atom is -0.350 e. The second kappa shape index (κ2) is 9.15. The van der Waals surface area contributed by atoms with Gasteiger partial charge in [0.1, 0.15) is 5.52 Å². The number of hydrogen-bond donors (Lipinski definition) is 2. The van der Waals surface area contributed by atoms with Crippen LogP contribution in [-0.2, 0) is 0 Å². The summed E-state index contributed by atoms with van der Waals surface area (Å²) in [5.74, 6) is 2.08. The third-order valence-electron chi connectivity index (χ3n) is 2.97. The number of nitrogens with one attached hydrogen (secondary N) is 2. The van der Waals surface area contributed by atoms with Crippen molar-refractivity contribution in [1.82, 2.24) is 9.97 Å². The number of rotatable bonds is 2. The number of thiophene rings is 1. The number of hydrogen-bond acceptors (Lipinski definition) is 4. The Morgan fingerprint density at radius 1 is 1.19 bits per heavy atom. The number of thioether (sulfide) groups is 1. The Labute approximate surface area is 136 Å². The summed E-state index contributed by atoms with van der Waals surface area (Å²) in [7, 11) is 0. The zero-order valence-corrected chi connectivity index (χ0v) is 15.5. The standard InChI is InChI=1S/C12H15N3S2.2C2H6/c1-7-10-11(8(2)17-7)15-12(14-10)13-9-3-5-16-6-4-9;2*1-2/h3,5,9H,4,6H2,1-2H3,(H2,13,14,15);2*1-2H3. The minimum absolute atomic E-state index is 0.413. The molecule has 1 aliphatic rings. The highest BCUT2D eigenvalue weighted by Gasteiger charge is 2.14. The number of anilines is 1. The maximum Gasteiger partial charge on any atom is 0.201 e. The normalized spacial score (nSPS) is 16.8. The van der Waals surface area contributed by atoms with E-state index in [1.165, 1.54) is 21.0 Å². The van der Waals surface area contributed by atoms with Crippen molar-refractivity contribution in [3.05, 3.63) is 21.2 Å². The highest BCUT2D eigenvalue weighted by molar-refractivity contribution is 8.02. The van der Waals surface area contributed by atoms with Crippen LogP contribution in [0.25, 0.3) is 11.0 Å². The molecule has 1 atom stereocenters. The van der Waals surface area contributed by atoms with Crippen LogP contribution in [0.5, 0.6) is 0 Å². The SMILES string of the molecule is CC.CC.Cc1sc(C)c2[nH]c(NC3C=CSCC3)nc12. The lowest BCUT2D eigenvalue weighted by atomic mass is 10.2.